The van der Waals surface area contributed by atoms with E-state index in [9.17, 15) is 0 Å². The Morgan fingerprint density at radius 1 is 1.07 bits per heavy atom. The zero-order chi connectivity index (χ0) is 10.3. The van der Waals surface area contributed by atoms with Crippen LogP contribution in [0.1, 0.15) is 47.0 Å². The van der Waals surface area contributed by atoms with Crippen LogP contribution < -0.4 is 0 Å². The third-order valence-corrected chi connectivity index (χ3v) is 3.59. The molecular weight excluding hydrogens is 172 g/mol. The average molecular weight is 194 g/mol. The normalized spacial score (nSPS) is 24.7. The van der Waals surface area contributed by atoms with E-state index >= 15 is 0 Å². The van der Waals surface area contributed by atoms with E-state index in [-0.39, 0.29) is 0 Å². The van der Waals surface area contributed by atoms with Crippen molar-refractivity contribution < 1.29 is 4.74 Å². The van der Waals surface area contributed by atoms with Crippen molar-refractivity contribution in [1.29, 1.82) is 0 Å². The molecule has 1 heteroatoms. The molecule has 0 unspecified atom stereocenters. The van der Waals surface area contributed by atoms with E-state index < -0.39 is 0 Å². The van der Waals surface area contributed by atoms with Gasteiger partial charge in [0.1, 0.15) is 0 Å². The van der Waals surface area contributed by atoms with Gasteiger partial charge in [-0.15, -0.1) is 0 Å². The van der Waals surface area contributed by atoms with Gasteiger partial charge in [-0.3, -0.25) is 0 Å². The van der Waals surface area contributed by atoms with Crippen LogP contribution in [0, 0.1) is 17.3 Å². The molecule has 1 aliphatic carbocycles. The summed E-state index contributed by atoms with van der Waals surface area (Å²) in [7, 11) is 0. The average Bonchev–Trinajstić information content (AvgIpc) is 2.84. The fraction of sp³-hybridized carbons (Fsp3) is 0.846. The Kier molecular flexibility index (Phi) is 2.36. The molecule has 14 heavy (non-hydrogen) atoms. The minimum Gasteiger partial charge on any atom is -0.497 e. The van der Waals surface area contributed by atoms with Gasteiger partial charge in [0.05, 0.1) is 12.4 Å². The predicted molar refractivity (Wildman–Crippen MR) is 58.9 cm³/mol. The lowest BCUT2D eigenvalue weighted by atomic mass is 9.85. The van der Waals surface area contributed by atoms with Gasteiger partial charge in [0.2, 0.25) is 0 Å². The predicted octanol–water partition coefficient (Wildman–Crippen LogP) is 3.75. The molecule has 1 fully saturated rings. The third-order valence-electron chi connectivity index (χ3n) is 3.59. The number of hydrogen-bond donors (Lipinski definition) is 0. The number of hydrogen-bond acceptors (Lipinski definition) is 1. The molecule has 0 N–H and O–H groups in total. The van der Waals surface area contributed by atoms with Gasteiger partial charge >= 0.3 is 0 Å². The van der Waals surface area contributed by atoms with Crippen molar-refractivity contribution in [1.82, 2.24) is 0 Å². The lowest BCUT2D eigenvalue weighted by Crippen LogP contribution is -2.23. The molecule has 80 valence electrons. The van der Waals surface area contributed by atoms with Crippen molar-refractivity contribution in [2.45, 2.75) is 47.0 Å². The second-order valence-electron chi connectivity index (χ2n) is 5.66. The summed E-state index contributed by atoms with van der Waals surface area (Å²) >= 11 is 0. The Morgan fingerprint density at radius 2 is 1.71 bits per heavy atom. The Bertz CT molecular complexity index is 256. The Balaban J connectivity index is 2.23. The van der Waals surface area contributed by atoms with Crippen LogP contribution in [-0.4, -0.2) is 6.61 Å². The summed E-state index contributed by atoms with van der Waals surface area (Å²) in [5.41, 5.74) is 2.15. The number of allylic oxidation sites excluding steroid dienone is 2. The standard InChI is InChI=1S/C13H22O/c1-9(2)11-7-13(5-6-13)8-14-12(11)10(3)4/h9-10H,5-8H2,1-4H3. The first kappa shape index (κ1) is 10.1. The van der Waals surface area contributed by atoms with Gasteiger partial charge in [-0.1, -0.05) is 27.7 Å². The highest BCUT2D eigenvalue weighted by Gasteiger charge is 2.47. The van der Waals surface area contributed by atoms with Crippen molar-refractivity contribution in [2.24, 2.45) is 17.3 Å². The maximum atomic E-state index is 5.97. The lowest BCUT2D eigenvalue weighted by molar-refractivity contribution is 0.103. The van der Waals surface area contributed by atoms with Crippen LogP contribution in [0.5, 0.6) is 0 Å². The van der Waals surface area contributed by atoms with Crippen LogP contribution in [0.2, 0.25) is 0 Å². The van der Waals surface area contributed by atoms with E-state index in [2.05, 4.69) is 27.7 Å². The Labute approximate surface area is 87.5 Å². The van der Waals surface area contributed by atoms with Gasteiger partial charge in [-0.2, -0.15) is 0 Å². The quantitative estimate of drug-likeness (QED) is 0.650. The molecule has 1 aliphatic heterocycles. The van der Waals surface area contributed by atoms with Gasteiger partial charge in [0.15, 0.2) is 0 Å². The molecular formula is C13H22O. The second-order valence-corrected chi connectivity index (χ2v) is 5.66. The third kappa shape index (κ3) is 1.69. The van der Waals surface area contributed by atoms with Gasteiger partial charge in [-0.25, -0.2) is 0 Å². The van der Waals surface area contributed by atoms with Crippen LogP contribution in [0.25, 0.3) is 0 Å². The van der Waals surface area contributed by atoms with Crippen molar-refractivity contribution in [2.75, 3.05) is 6.61 Å². The Hall–Kier alpha value is -0.460. The lowest BCUT2D eigenvalue weighted by Gasteiger charge is -2.31. The molecule has 0 atom stereocenters. The summed E-state index contributed by atoms with van der Waals surface area (Å²) in [5.74, 6) is 2.51. The zero-order valence-electron chi connectivity index (χ0n) is 9.89. The van der Waals surface area contributed by atoms with E-state index in [1.807, 2.05) is 0 Å². The summed E-state index contributed by atoms with van der Waals surface area (Å²) in [4.78, 5) is 0. The van der Waals surface area contributed by atoms with Gasteiger partial charge in [-0.05, 0) is 30.8 Å². The molecule has 1 heterocycles. The highest BCUT2D eigenvalue weighted by Crippen LogP contribution is 2.55. The molecule has 2 aliphatic rings. The molecule has 0 aromatic rings. The van der Waals surface area contributed by atoms with Crippen molar-refractivity contribution in [3.05, 3.63) is 11.3 Å². The molecule has 0 bridgehead atoms. The zero-order valence-corrected chi connectivity index (χ0v) is 9.89. The molecule has 1 nitrogen and oxygen atoms in total. The first-order valence-corrected chi connectivity index (χ1v) is 5.90. The highest BCUT2D eigenvalue weighted by molar-refractivity contribution is 5.21. The second kappa shape index (κ2) is 3.29. The van der Waals surface area contributed by atoms with E-state index in [4.69, 9.17) is 4.74 Å². The molecule has 0 aromatic heterocycles. The van der Waals surface area contributed by atoms with Crippen LogP contribution >= 0.6 is 0 Å². The summed E-state index contributed by atoms with van der Waals surface area (Å²) in [6, 6.07) is 0. The van der Waals surface area contributed by atoms with Crippen LogP contribution in [-0.2, 0) is 4.74 Å². The van der Waals surface area contributed by atoms with Crippen LogP contribution in [0.3, 0.4) is 0 Å². The maximum absolute atomic E-state index is 5.97. The van der Waals surface area contributed by atoms with E-state index in [1.165, 1.54) is 25.0 Å². The molecule has 1 spiro atoms. The minimum atomic E-state index is 0.559. The monoisotopic (exact) mass is 194 g/mol. The number of ether oxygens (including phenoxy) is 1. The molecule has 0 aromatic carbocycles. The minimum absolute atomic E-state index is 0.559. The van der Waals surface area contributed by atoms with Crippen LogP contribution in [0.4, 0.5) is 0 Å². The van der Waals surface area contributed by atoms with Crippen molar-refractivity contribution >= 4 is 0 Å². The maximum Gasteiger partial charge on any atom is 0.0980 e. The van der Waals surface area contributed by atoms with Crippen LogP contribution in [0.15, 0.2) is 11.3 Å². The fourth-order valence-corrected chi connectivity index (χ4v) is 2.39. The van der Waals surface area contributed by atoms with E-state index in [0.717, 1.165) is 6.61 Å². The number of rotatable bonds is 2. The van der Waals surface area contributed by atoms with Crippen molar-refractivity contribution in [3.8, 4) is 0 Å². The SMILES string of the molecule is CC(C)C1=C(C(C)C)OCC2(CC2)C1. The highest BCUT2D eigenvalue weighted by atomic mass is 16.5. The molecule has 2 rings (SSSR count). The molecule has 0 radical (unpaired) electrons. The summed E-state index contributed by atoms with van der Waals surface area (Å²) in [5, 5.41) is 0. The first-order valence-electron chi connectivity index (χ1n) is 5.90. The first-order chi connectivity index (χ1) is 6.54. The van der Waals surface area contributed by atoms with Gasteiger partial charge in [0, 0.05) is 11.3 Å². The largest absolute Gasteiger partial charge is 0.497 e. The molecule has 0 amide bonds. The summed E-state index contributed by atoms with van der Waals surface area (Å²) in [6.45, 7) is 10.0. The van der Waals surface area contributed by atoms with Gasteiger partial charge in [0.25, 0.3) is 0 Å². The fourth-order valence-electron chi connectivity index (χ4n) is 2.39. The van der Waals surface area contributed by atoms with Crippen molar-refractivity contribution in [3.63, 3.8) is 0 Å². The van der Waals surface area contributed by atoms with E-state index in [0.29, 0.717) is 17.3 Å². The van der Waals surface area contributed by atoms with Gasteiger partial charge < -0.3 is 4.74 Å². The topological polar surface area (TPSA) is 9.23 Å². The summed E-state index contributed by atoms with van der Waals surface area (Å²) < 4.78 is 5.97. The van der Waals surface area contributed by atoms with E-state index in [1.54, 1.807) is 5.57 Å². The molecule has 1 saturated carbocycles. The smallest absolute Gasteiger partial charge is 0.0980 e. The summed E-state index contributed by atoms with van der Waals surface area (Å²) in [6.07, 6.45) is 4.07. The molecule has 0 saturated heterocycles. The Morgan fingerprint density at radius 3 is 2.14 bits per heavy atom.